The Kier molecular flexibility index (Phi) is 3.74. The zero-order chi connectivity index (χ0) is 15.8. The number of aromatic nitrogens is 4. The fourth-order valence-corrected chi connectivity index (χ4v) is 4.18. The van der Waals surface area contributed by atoms with Crippen LogP contribution >= 0.6 is 11.3 Å². The maximum absolute atomic E-state index is 12.5. The van der Waals surface area contributed by atoms with E-state index in [1.54, 1.807) is 6.20 Å². The lowest BCUT2D eigenvalue weighted by Gasteiger charge is -2.14. The van der Waals surface area contributed by atoms with Gasteiger partial charge in [0.05, 0.1) is 17.8 Å². The third kappa shape index (κ3) is 2.70. The summed E-state index contributed by atoms with van der Waals surface area (Å²) >= 11 is 1.47. The molecule has 120 valence electrons. The van der Waals surface area contributed by atoms with Gasteiger partial charge < -0.3 is 10.3 Å². The number of H-pyrrole nitrogens is 2. The first-order valence-corrected chi connectivity index (χ1v) is 8.81. The summed E-state index contributed by atoms with van der Waals surface area (Å²) in [5.41, 5.74) is 2.75. The number of hydrogen-bond acceptors (Lipinski definition) is 5. The second-order valence-electron chi connectivity index (χ2n) is 6.04. The Hall–Kier alpha value is -1.99. The van der Waals surface area contributed by atoms with E-state index in [0.29, 0.717) is 4.70 Å². The van der Waals surface area contributed by atoms with Gasteiger partial charge in [-0.1, -0.05) is 12.8 Å². The standard InChI is InChI=1S/C16H19N5OS/c1-9-10(8-18-21-9)13-7-12-14(23-13)16(22)20-15(19-12)11-5-3-2-4-6-17-11/h7-8,11,17H,2-6H2,1H3,(H,18,21)(H,19,20,22)/t11-/m1/s1. The topological polar surface area (TPSA) is 86.5 Å². The van der Waals surface area contributed by atoms with Gasteiger partial charge in [0.2, 0.25) is 0 Å². The predicted octanol–water partition coefficient (Wildman–Crippen LogP) is 2.89. The smallest absolute Gasteiger partial charge is 0.268 e. The minimum atomic E-state index is -0.0477. The summed E-state index contributed by atoms with van der Waals surface area (Å²) in [5, 5.41) is 10.5. The second kappa shape index (κ2) is 5.90. The molecular weight excluding hydrogens is 310 g/mol. The molecule has 0 bridgehead atoms. The van der Waals surface area contributed by atoms with Gasteiger partial charge in [0.25, 0.3) is 5.56 Å². The van der Waals surface area contributed by atoms with E-state index < -0.39 is 0 Å². The highest BCUT2D eigenvalue weighted by Crippen LogP contribution is 2.32. The predicted molar refractivity (Wildman–Crippen MR) is 91.8 cm³/mol. The quantitative estimate of drug-likeness (QED) is 0.675. The summed E-state index contributed by atoms with van der Waals surface area (Å²) in [4.78, 5) is 21.2. The molecule has 1 atom stereocenters. The number of fused-ring (bicyclic) bond motifs is 1. The number of aryl methyl sites for hydroxylation is 1. The van der Waals surface area contributed by atoms with Gasteiger partial charge in [-0.25, -0.2) is 4.98 Å². The van der Waals surface area contributed by atoms with Crippen molar-refractivity contribution in [3.63, 3.8) is 0 Å². The summed E-state index contributed by atoms with van der Waals surface area (Å²) in [6.07, 6.45) is 6.40. The molecule has 1 saturated heterocycles. The van der Waals surface area contributed by atoms with Gasteiger partial charge in [0.1, 0.15) is 10.5 Å². The minimum Gasteiger partial charge on any atom is -0.308 e. The molecule has 0 spiro atoms. The number of nitrogens with zero attached hydrogens (tertiary/aromatic N) is 2. The van der Waals surface area contributed by atoms with Crippen LogP contribution in [0.3, 0.4) is 0 Å². The van der Waals surface area contributed by atoms with Gasteiger partial charge in [0, 0.05) is 16.1 Å². The molecule has 3 aromatic rings. The summed E-state index contributed by atoms with van der Waals surface area (Å²) in [7, 11) is 0. The van der Waals surface area contributed by atoms with Gasteiger partial charge in [-0.05, 0) is 32.4 Å². The van der Waals surface area contributed by atoms with Gasteiger partial charge in [0.15, 0.2) is 0 Å². The normalized spacial score (nSPS) is 19.1. The molecular formula is C16H19N5OS. The van der Waals surface area contributed by atoms with Crippen LogP contribution in [0.4, 0.5) is 0 Å². The SMILES string of the molecule is Cc1[nH]ncc1-c1cc2nc([C@H]3CCCCCN3)[nH]c(=O)c2s1. The van der Waals surface area contributed by atoms with E-state index in [1.807, 2.05) is 13.0 Å². The summed E-state index contributed by atoms with van der Waals surface area (Å²) in [5.74, 6) is 0.762. The molecule has 3 aromatic heterocycles. The van der Waals surface area contributed by atoms with Gasteiger partial charge in [-0.15, -0.1) is 11.3 Å². The van der Waals surface area contributed by atoms with Crippen molar-refractivity contribution in [3.8, 4) is 10.4 Å². The van der Waals surface area contributed by atoms with Crippen LogP contribution in [0.2, 0.25) is 0 Å². The fraction of sp³-hybridized carbons (Fsp3) is 0.438. The molecule has 1 aliphatic heterocycles. The van der Waals surface area contributed by atoms with Crippen molar-refractivity contribution in [2.75, 3.05) is 6.54 Å². The van der Waals surface area contributed by atoms with E-state index in [4.69, 9.17) is 4.98 Å². The van der Waals surface area contributed by atoms with E-state index in [0.717, 1.165) is 40.4 Å². The molecule has 1 fully saturated rings. The van der Waals surface area contributed by atoms with Gasteiger partial charge in [-0.2, -0.15) is 5.10 Å². The zero-order valence-electron chi connectivity index (χ0n) is 13.0. The largest absolute Gasteiger partial charge is 0.308 e. The highest BCUT2D eigenvalue weighted by Gasteiger charge is 2.19. The van der Waals surface area contributed by atoms with Crippen LogP contribution in [0.1, 0.15) is 43.2 Å². The first-order valence-electron chi connectivity index (χ1n) is 8.00. The monoisotopic (exact) mass is 329 g/mol. The number of rotatable bonds is 2. The van der Waals surface area contributed by atoms with Crippen molar-refractivity contribution in [2.24, 2.45) is 0 Å². The van der Waals surface area contributed by atoms with Crippen molar-refractivity contribution in [3.05, 3.63) is 34.1 Å². The first kappa shape index (κ1) is 14.6. The molecule has 0 saturated carbocycles. The van der Waals surface area contributed by atoms with Gasteiger partial charge >= 0.3 is 0 Å². The number of thiophene rings is 1. The first-order chi connectivity index (χ1) is 11.2. The molecule has 7 heteroatoms. The van der Waals surface area contributed by atoms with Crippen molar-refractivity contribution in [1.29, 1.82) is 0 Å². The summed E-state index contributed by atoms with van der Waals surface area (Å²) < 4.78 is 0.679. The Bertz CT molecular complexity index is 885. The Morgan fingerprint density at radius 2 is 2.22 bits per heavy atom. The number of aromatic amines is 2. The van der Waals surface area contributed by atoms with Crippen LogP contribution in [0.15, 0.2) is 17.1 Å². The summed E-state index contributed by atoms with van der Waals surface area (Å²) in [6, 6.07) is 2.14. The lowest BCUT2D eigenvalue weighted by molar-refractivity contribution is 0.508. The average Bonchev–Trinajstić information content (AvgIpc) is 3.04. The molecule has 4 heterocycles. The van der Waals surface area contributed by atoms with Crippen molar-refractivity contribution >= 4 is 21.6 Å². The molecule has 0 unspecified atom stereocenters. The Balaban J connectivity index is 1.78. The molecule has 0 aliphatic carbocycles. The fourth-order valence-electron chi connectivity index (χ4n) is 3.12. The average molecular weight is 329 g/mol. The maximum atomic E-state index is 12.5. The van der Waals surface area contributed by atoms with E-state index >= 15 is 0 Å². The molecule has 23 heavy (non-hydrogen) atoms. The van der Waals surface area contributed by atoms with Crippen molar-refractivity contribution < 1.29 is 0 Å². The second-order valence-corrected chi connectivity index (χ2v) is 7.09. The molecule has 0 radical (unpaired) electrons. The highest BCUT2D eigenvalue weighted by molar-refractivity contribution is 7.22. The third-order valence-corrected chi connectivity index (χ3v) is 5.54. The van der Waals surface area contributed by atoms with E-state index in [-0.39, 0.29) is 11.6 Å². The van der Waals surface area contributed by atoms with Crippen LogP contribution in [0.25, 0.3) is 20.7 Å². The van der Waals surface area contributed by atoms with Crippen molar-refractivity contribution in [2.45, 2.75) is 38.6 Å². The van der Waals surface area contributed by atoms with Gasteiger partial charge in [-0.3, -0.25) is 9.89 Å². The van der Waals surface area contributed by atoms with Crippen LogP contribution in [0.5, 0.6) is 0 Å². The van der Waals surface area contributed by atoms with Crippen LogP contribution in [0, 0.1) is 6.92 Å². The maximum Gasteiger partial charge on any atom is 0.268 e. The zero-order valence-corrected chi connectivity index (χ0v) is 13.8. The summed E-state index contributed by atoms with van der Waals surface area (Å²) in [6.45, 7) is 2.96. The molecule has 0 aromatic carbocycles. The highest BCUT2D eigenvalue weighted by atomic mass is 32.1. The Morgan fingerprint density at radius 1 is 1.30 bits per heavy atom. The van der Waals surface area contributed by atoms with E-state index in [1.165, 1.54) is 30.6 Å². The molecule has 4 rings (SSSR count). The third-order valence-electron chi connectivity index (χ3n) is 4.39. The molecule has 1 aliphatic rings. The Labute approximate surface area is 137 Å². The Morgan fingerprint density at radius 3 is 3.04 bits per heavy atom. The van der Waals surface area contributed by atoms with E-state index in [2.05, 4.69) is 20.5 Å². The number of nitrogens with one attached hydrogen (secondary N) is 3. The lowest BCUT2D eigenvalue weighted by Crippen LogP contribution is -2.24. The molecule has 6 nitrogen and oxygen atoms in total. The van der Waals surface area contributed by atoms with E-state index in [9.17, 15) is 4.79 Å². The van der Waals surface area contributed by atoms with Crippen LogP contribution in [-0.2, 0) is 0 Å². The van der Waals surface area contributed by atoms with Crippen LogP contribution in [-0.4, -0.2) is 26.7 Å². The minimum absolute atomic E-state index is 0.0477. The van der Waals surface area contributed by atoms with Crippen LogP contribution < -0.4 is 10.9 Å². The lowest BCUT2D eigenvalue weighted by atomic mass is 10.1. The molecule has 0 amide bonds. The molecule has 3 N–H and O–H groups in total. The number of hydrogen-bond donors (Lipinski definition) is 3. The van der Waals surface area contributed by atoms with Crippen molar-refractivity contribution in [1.82, 2.24) is 25.5 Å².